The van der Waals surface area contributed by atoms with Gasteiger partial charge in [-0.05, 0) is 25.7 Å². The SMILES string of the molecule is Cl.NC1CCN(C(=O)C2CCCCCC2)CC1. The normalized spacial score (nSPS) is 23.9. The van der Waals surface area contributed by atoms with Crippen LogP contribution in [0.3, 0.4) is 0 Å². The predicted octanol–water partition coefficient (Wildman–Crippen LogP) is 2.33. The van der Waals surface area contributed by atoms with Crippen LogP contribution in [-0.2, 0) is 4.79 Å². The van der Waals surface area contributed by atoms with Gasteiger partial charge < -0.3 is 10.6 Å². The zero-order valence-corrected chi connectivity index (χ0v) is 11.4. The Morgan fingerprint density at radius 3 is 2.00 bits per heavy atom. The molecule has 1 aliphatic heterocycles. The first-order valence-electron chi connectivity index (χ1n) is 6.82. The monoisotopic (exact) mass is 260 g/mol. The Balaban J connectivity index is 0.00000144. The third-order valence-corrected chi connectivity index (χ3v) is 4.06. The molecule has 100 valence electrons. The van der Waals surface area contributed by atoms with Crippen molar-refractivity contribution < 1.29 is 4.79 Å². The fourth-order valence-corrected chi connectivity index (χ4v) is 2.90. The minimum Gasteiger partial charge on any atom is -0.342 e. The van der Waals surface area contributed by atoms with Crippen molar-refractivity contribution >= 4 is 18.3 Å². The molecule has 2 N–H and O–H groups in total. The van der Waals surface area contributed by atoms with Crippen LogP contribution in [0.4, 0.5) is 0 Å². The van der Waals surface area contributed by atoms with Crippen molar-refractivity contribution in [1.29, 1.82) is 0 Å². The number of carbonyl (C=O) groups excluding carboxylic acids is 1. The van der Waals surface area contributed by atoms with E-state index in [1.165, 1.54) is 25.7 Å². The number of nitrogens with zero attached hydrogens (tertiary/aromatic N) is 1. The van der Waals surface area contributed by atoms with E-state index in [1.807, 2.05) is 0 Å². The van der Waals surface area contributed by atoms with Gasteiger partial charge in [0.25, 0.3) is 0 Å². The summed E-state index contributed by atoms with van der Waals surface area (Å²) in [5, 5.41) is 0. The van der Waals surface area contributed by atoms with Gasteiger partial charge in [-0.1, -0.05) is 25.7 Å². The number of likely N-dealkylation sites (tertiary alicyclic amines) is 1. The van der Waals surface area contributed by atoms with Crippen LogP contribution in [0.15, 0.2) is 0 Å². The van der Waals surface area contributed by atoms with Crippen LogP contribution >= 0.6 is 12.4 Å². The molecule has 1 saturated heterocycles. The van der Waals surface area contributed by atoms with Gasteiger partial charge in [0, 0.05) is 25.0 Å². The fourth-order valence-electron chi connectivity index (χ4n) is 2.90. The lowest BCUT2D eigenvalue weighted by molar-refractivity contribution is -0.137. The van der Waals surface area contributed by atoms with Crippen molar-refractivity contribution in [3.63, 3.8) is 0 Å². The molecule has 17 heavy (non-hydrogen) atoms. The second-order valence-electron chi connectivity index (χ2n) is 5.35. The van der Waals surface area contributed by atoms with E-state index in [0.29, 0.717) is 17.9 Å². The summed E-state index contributed by atoms with van der Waals surface area (Å²) in [5.74, 6) is 0.727. The number of rotatable bonds is 1. The fraction of sp³-hybridized carbons (Fsp3) is 0.923. The Kier molecular flexibility index (Phi) is 6.28. The Morgan fingerprint density at radius 2 is 1.47 bits per heavy atom. The molecule has 0 atom stereocenters. The summed E-state index contributed by atoms with van der Waals surface area (Å²) in [7, 11) is 0. The van der Waals surface area contributed by atoms with Crippen molar-refractivity contribution in [1.82, 2.24) is 4.90 Å². The molecule has 0 bridgehead atoms. The van der Waals surface area contributed by atoms with Crippen LogP contribution in [0, 0.1) is 5.92 Å². The lowest BCUT2D eigenvalue weighted by Gasteiger charge is -2.32. The molecule has 1 aliphatic carbocycles. The summed E-state index contributed by atoms with van der Waals surface area (Å²) in [5.41, 5.74) is 5.86. The van der Waals surface area contributed by atoms with E-state index in [4.69, 9.17) is 5.73 Å². The summed E-state index contributed by atoms with van der Waals surface area (Å²) >= 11 is 0. The minimum absolute atomic E-state index is 0. The molecule has 1 heterocycles. The van der Waals surface area contributed by atoms with Crippen LogP contribution in [0.5, 0.6) is 0 Å². The van der Waals surface area contributed by atoms with E-state index in [0.717, 1.165) is 38.8 Å². The van der Waals surface area contributed by atoms with E-state index in [1.54, 1.807) is 0 Å². The summed E-state index contributed by atoms with van der Waals surface area (Å²) < 4.78 is 0. The van der Waals surface area contributed by atoms with Gasteiger partial charge in [0.2, 0.25) is 5.91 Å². The topological polar surface area (TPSA) is 46.3 Å². The minimum atomic E-state index is 0. The third-order valence-electron chi connectivity index (χ3n) is 4.06. The van der Waals surface area contributed by atoms with Gasteiger partial charge in [-0.15, -0.1) is 12.4 Å². The summed E-state index contributed by atoms with van der Waals surface area (Å²) in [6, 6.07) is 0.318. The van der Waals surface area contributed by atoms with Crippen LogP contribution in [0.2, 0.25) is 0 Å². The molecular formula is C13H25ClN2O. The highest BCUT2D eigenvalue weighted by molar-refractivity contribution is 5.85. The predicted molar refractivity (Wildman–Crippen MR) is 72.2 cm³/mol. The number of amides is 1. The first-order valence-corrected chi connectivity index (χ1v) is 6.82. The van der Waals surface area contributed by atoms with Gasteiger partial charge in [-0.2, -0.15) is 0 Å². The number of hydrogen-bond donors (Lipinski definition) is 1. The van der Waals surface area contributed by atoms with Crippen molar-refractivity contribution in [2.75, 3.05) is 13.1 Å². The molecule has 0 aromatic carbocycles. The zero-order valence-electron chi connectivity index (χ0n) is 10.6. The first-order chi connectivity index (χ1) is 7.77. The number of carbonyl (C=O) groups is 1. The molecular weight excluding hydrogens is 236 g/mol. The van der Waals surface area contributed by atoms with Crippen LogP contribution in [-0.4, -0.2) is 29.9 Å². The number of halogens is 1. The maximum atomic E-state index is 12.3. The molecule has 0 unspecified atom stereocenters. The van der Waals surface area contributed by atoms with E-state index < -0.39 is 0 Å². The van der Waals surface area contributed by atoms with Crippen molar-refractivity contribution in [3.05, 3.63) is 0 Å². The van der Waals surface area contributed by atoms with Gasteiger partial charge in [0.15, 0.2) is 0 Å². The lowest BCUT2D eigenvalue weighted by Crippen LogP contribution is -2.45. The summed E-state index contributed by atoms with van der Waals surface area (Å²) in [6.45, 7) is 1.77. The first kappa shape index (κ1) is 14.8. The maximum absolute atomic E-state index is 12.3. The number of nitrogens with two attached hydrogens (primary N) is 1. The Morgan fingerprint density at radius 1 is 0.941 bits per heavy atom. The van der Waals surface area contributed by atoms with Crippen molar-refractivity contribution in [3.8, 4) is 0 Å². The molecule has 2 aliphatic rings. The average Bonchev–Trinajstić information content (AvgIpc) is 2.57. The number of hydrogen-bond acceptors (Lipinski definition) is 2. The summed E-state index contributed by atoms with van der Waals surface area (Å²) in [6.07, 6.45) is 9.30. The van der Waals surface area contributed by atoms with Crippen molar-refractivity contribution in [2.45, 2.75) is 57.4 Å². The molecule has 1 amide bonds. The van der Waals surface area contributed by atoms with E-state index in [-0.39, 0.29) is 12.4 Å². The largest absolute Gasteiger partial charge is 0.342 e. The van der Waals surface area contributed by atoms with E-state index in [2.05, 4.69) is 4.90 Å². The molecule has 0 radical (unpaired) electrons. The molecule has 3 nitrogen and oxygen atoms in total. The van der Waals surface area contributed by atoms with Crippen LogP contribution < -0.4 is 5.73 Å². The molecule has 2 rings (SSSR count). The van der Waals surface area contributed by atoms with E-state index in [9.17, 15) is 4.79 Å². The van der Waals surface area contributed by atoms with E-state index >= 15 is 0 Å². The van der Waals surface area contributed by atoms with Crippen molar-refractivity contribution in [2.24, 2.45) is 11.7 Å². The maximum Gasteiger partial charge on any atom is 0.225 e. The molecule has 0 aromatic heterocycles. The highest BCUT2D eigenvalue weighted by Gasteiger charge is 2.27. The zero-order chi connectivity index (χ0) is 11.4. The molecule has 2 fully saturated rings. The molecule has 4 heteroatoms. The number of piperidine rings is 1. The van der Waals surface area contributed by atoms with Gasteiger partial charge in [0.05, 0.1) is 0 Å². The average molecular weight is 261 g/mol. The Hall–Kier alpha value is -0.280. The highest BCUT2D eigenvalue weighted by atomic mass is 35.5. The van der Waals surface area contributed by atoms with Crippen LogP contribution in [0.1, 0.15) is 51.4 Å². The molecule has 0 aromatic rings. The Bertz CT molecular complexity index is 232. The Labute approximate surface area is 111 Å². The second-order valence-corrected chi connectivity index (χ2v) is 5.35. The second kappa shape index (κ2) is 7.22. The lowest BCUT2D eigenvalue weighted by atomic mass is 9.96. The summed E-state index contributed by atoms with van der Waals surface area (Å²) in [4.78, 5) is 14.4. The van der Waals surface area contributed by atoms with Gasteiger partial charge >= 0.3 is 0 Å². The molecule has 1 saturated carbocycles. The standard InChI is InChI=1S/C13H24N2O.ClH/c14-12-7-9-15(10-8-12)13(16)11-5-3-1-2-4-6-11;/h11-12H,1-10,14H2;1H. The smallest absolute Gasteiger partial charge is 0.225 e. The quantitative estimate of drug-likeness (QED) is 0.736. The molecule has 0 spiro atoms. The van der Waals surface area contributed by atoms with Gasteiger partial charge in [-0.25, -0.2) is 0 Å². The van der Waals surface area contributed by atoms with Gasteiger partial charge in [0.1, 0.15) is 0 Å². The highest BCUT2D eigenvalue weighted by Crippen LogP contribution is 2.25. The van der Waals surface area contributed by atoms with Crippen LogP contribution in [0.25, 0.3) is 0 Å². The third kappa shape index (κ3) is 4.14. The van der Waals surface area contributed by atoms with Gasteiger partial charge in [-0.3, -0.25) is 4.79 Å².